The van der Waals surface area contributed by atoms with Crippen molar-refractivity contribution in [3.8, 4) is 5.75 Å². The monoisotopic (exact) mass is 530 g/mol. The molecule has 2 atom stereocenters. The molecule has 0 aromatic heterocycles. The lowest BCUT2D eigenvalue weighted by atomic mass is 9.91. The van der Waals surface area contributed by atoms with Gasteiger partial charge in [0.25, 0.3) is 0 Å². The molecule has 0 saturated carbocycles. The summed E-state index contributed by atoms with van der Waals surface area (Å²) in [7, 11) is -3.52. The van der Waals surface area contributed by atoms with Crippen LogP contribution in [0, 0.1) is 11.8 Å². The minimum atomic E-state index is -3.52. The van der Waals surface area contributed by atoms with Gasteiger partial charge in [-0.25, -0.2) is 8.42 Å². The first kappa shape index (κ1) is 26.4. The van der Waals surface area contributed by atoms with Crippen LogP contribution in [0.1, 0.15) is 18.1 Å². The smallest absolute Gasteiger partial charge is 0.307 e. The van der Waals surface area contributed by atoms with Crippen LogP contribution < -0.4 is 4.74 Å². The molecule has 192 valence electrons. The van der Waals surface area contributed by atoms with Gasteiger partial charge in [-0.2, -0.15) is 4.31 Å². The summed E-state index contributed by atoms with van der Waals surface area (Å²) in [6.07, 6.45) is 5.88. The van der Waals surface area contributed by atoms with Crippen molar-refractivity contribution in [2.75, 3.05) is 32.8 Å². The van der Waals surface area contributed by atoms with E-state index in [0.29, 0.717) is 55.5 Å². The number of sulfonamides is 1. The highest BCUT2D eigenvalue weighted by Crippen LogP contribution is 2.28. The maximum absolute atomic E-state index is 12.9. The zero-order valence-corrected chi connectivity index (χ0v) is 21.8. The van der Waals surface area contributed by atoms with Crippen molar-refractivity contribution in [1.29, 1.82) is 0 Å². The normalized spacial score (nSPS) is 21.2. The van der Waals surface area contributed by atoms with Gasteiger partial charge in [0.1, 0.15) is 5.75 Å². The number of ether oxygens (including phenoxy) is 1. The van der Waals surface area contributed by atoms with Crippen molar-refractivity contribution in [1.82, 2.24) is 9.21 Å². The number of halogens is 1. The summed E-state index contributed by atoms with van der Waals surface area (Å²) in [6, 6.07) is 14.0. The van der Waals surface area contributed by atoms with Crippen LogP contribution in [0.4, 0.5) is 0 Å². The second-order valence-electron chi connectivity index (χ2n) is 9.25. The van der Waals surface area contributed by atoms with E-state index < -0.39 is 16.0 Å². The fourth-order valence-electron chi connectivity index (χ4n) is 4.51. The molecule has 1 saturated heterocycles. The molecule has 2 aromatic carbocycles. The number of hydrogen-bond donors (Lipinski definition) is 1. The van der Waals surface area contributed by atoms with E-state index in [1.165, 1.54) is 4.31 Å². The van der Waals surface area contributed by atoms with Gasteiger partial charge in [-0.05, 0) is 35.8 Å². The molecular weight excluding hydrogens is 500 g/mol. The van der Waals surface area contributed by atoms with E-state index in [1.807, 2.05) is 24.3 Å². The first-order valence-electron chi connectivity index (χ1n) is 12.0. The summed E-state index contributed by atoms with van der Waals surface area (Å²) in [5, 5.41) is 9.97. The molecule has 0 bridgehead atoms. The van der Waals surface area contributed by atoms with E-state index in [9.17, 15) is 18.3 Å². The van der Waals surface area contributed by atoms with E-state index in [0.717, 1.165) is 10.6 Å². The van der Waals surface area contributed by atoms with E-state index in [2.05, 4.69) is 17.9 Å². The molecular formula is C27H31ClN2O5S. The zero-order chi connectivity index (χ0) is 25.7. The van der Waals surface area contributed by atoms with Crippen LogP contribution >= 0.6 is 11.6 Å². The van der Waals surface area contributed by atoms with Gasteiger partial charge in [0.05, 0.1) is 17.9 Å². The Kier molecular flexibility index (Phi) is 8.51. The Labute approximate surface area is 217 Å². The SMILES string of the molecule is CC1C=C(Cl)C=CC1COc1ccc(CC(=O)O)cc1CN1CCN(S(=O)(=O)c2ccccc2)CC1. The molecule has 2 aromatic rings. The van der Waals surface area contributed by atoms with Gasteiger partial charge >= 0.3 is 5.97 Å². The number of aliphatic carboxylic acids is 1. The summed E-state index contributed by atoms with van der Waals surface area (Å²) in [5.41, 5.74) is 1.60. The van der Waals surface area contributed by atoms with Crippen LogP contribution in [0.15, 0.2) is 76.7 Å². The second-order valence-corrected chi connectivity index (χ2v) is 11.6. The van der Waals surface area contributed by atoms with Gasteiger partial charge in [-0.15, -0.1) is 0 Å². The van der Waals surface area contributed by atoms with Gasteiger partial charge in [0, 0.05) is 49.2 Å². The molecule has 0 radical (unpaired) electrons. The van der Waals surface area contributed by atoms with Gasteiger partial charge in [0.15, 0.2) is 0 Å². The Bertz CT molecular complexity index is 1240. The van der Waals surface area contributed by atoms with Crippen molar-refractivity contribution in [2.24, 2.45) is 11.8 Å². The Morgan fingerprint density at radius 2 is 1.83 bits per heavy atom. The molecule has 9 heteroatoms. The summed E-state index contributed by atoms with van der Waals surface area (Å²) in [6.45, 7) is 5.04. The summed E-state index contributed by atoms with van der Waals surface area (Å²) in [5.74, 6) is 0.256. The predicted molar refractivity (Wildman–Crippen MR) is 139 cm³/mol. The van der Waals surface area contributed by atoms with Crippen molar-refractivity contribution >= 4 is 27.6 Å². The van der Waals surface area contributed by atoms with Gasteiger partial charge < -0.3 is 9.84 Å². The highest BCUT2D eigenvalue weighted by molar-refractivity contribution is 7.89. The second kappa shape index (κ2) is 11.6. The Balaban J connectivity index is 1.44. The first-order chi connectivity index (χ1) is 17.2. The van der Waals surface area contributed by atoms with Crippen LogP contribution in [-0.4, -0.2) is 61.5 Å². The van der Waals surface area contributed by atoms with Crippen molar-refractivity contribution in [3.63, 3.8) is 0 Å². The van der Waals surface area contributed by atoms with E-state index >= 15 is 0 Å². The van der Waals surface area contributed by atoms with Crippen molar-refractivity contribution < 1.29 is 23.1 Å². The quantitative estimate of drug-likeness (QED) is 0.524. The van der Waals surface area contributed by atoms with Gasteiger partial charge in [0.2, 0.25) is 10.0 Å². The number of carboxylic acid groups (broad SMARTS) is 1. The molecule has 4 rings (SSSR count). The number of rotatable bonds is 9. The molecule has 1 N–H and O–H groups in total. The average Bonchev–Trinajstić information content (AvgIpc) is 2.85. The Morgan fingerprint density at radius 1 is 1.11 bits per heavy atom. The number of carbonyl (C=O) groups is 1. The lowest BCUT2D eigenvalue weighted by molar-refractivity contribution is -0.136. The maximum atomic E-state index is 12.9. The number of nitrogens with zero attached hydrogens (tertiary/aromatic N) is 2. The minimum absolute atomic E-state index is 0.0674. The van der Waals surface area contributed by atoms with Crippen molar-refractivity contribution in [2.45, 2.75) is 24.8 Å². The van der Waals surface area contributed by atoms with Gasteiger partial charge in [-0.3, -0.25) is 9.69 Å². The maximum Gasteiger partial charge on any atom is 0.307 e. The van der Waals surface area contributed by atoms with E-state index in [-0.39, 0.29) is 18.3 Å². The molecule has 2 unspecified atom stereocenters. The largest absolute Gasteiger partial charge is 0.493 e. The number of allylic oxidation sites excluding steroid dienone is 3. The fraction of sp³-hybridized carbons (Fsp3) is 0.370. The van der Waals surface area contributed by atoms with Gasteiger partial charge in [-0.1, -0.05) is 61.0 Å². The molecule has 1 aliphatic heterocycles. The molecule has 0 amide bonds. The van der Waals surface area contributed by atoms with E-state index in [4.69, 9.17) is 16.3 Å². The third-order valence-corrected chi connectivity index (χ3v) is 8.78. The summed E-state index contributed by atoms with van der Waals surface area (Å²) >= 11 is 6.10. The third-order valence-electron chi connectivity index (χ3n) is 6.62. The van der Waals surface area contributed by atoms with Crippen LogP contribution in [0.2, 0.25) is 0 Å². The Hall–Kier alpha value is -2.65. The highest BCUT2D eigenvalue weighted by atomic mass is 35.5. The Morgan fingerprint density at radius 3 is 2.50 bits per heavy atom. The molecule has 1 heterocycles. The minimum Gasteiger partial charge on any atom is -0.493 e. The number of carboxylic acids is 1. The van der Waals surface area contributed by atoms with Crippen LogP contribution in [0.5, 0.6) is 5.75 Å². The molecule has 2 aliphatic rings. The number of hydrogen-bond acceptors (Lipinski definition) is 5. The molecule has 36 heavy (non-hydrogen) atoms. The third kappa shape index (κ3) is 6.56. The molecule has 0 spiro atoms. The summed E-state index contributed by atoms with van der Waals surface area (Å²) in [4.78, 5) is 13.7. The first-order valence-corrected chi connectivity index (χ1v) is 13.8. The lowest BCUT2D eigenvalue weighted by Crippen LogP contribution is -2.48. The number of piperazine rings is 1. The van der Waals surface area contributed by atoms with Crippen molar-refractivity contribution in [3.05, 3.63) is 82.9 Å². The van der Waals surface area contributed by atoms with E-state index in [1.54, 1.807) is 36.4 Å². The number of benzene rings is 2. The van der Waals surface area contributed by atoms with Crippen LogP contribution in [-0.2, 0) is 27.8 Å². The standard InChI is InChI=1S/C27H31ClN2O5S/c1-20-15-24(28)9-8-22(20)19-35-26-10-7-21(17-27(31)32)16-23(26)18-29-11-13-30(14-12-29)36(33,34)25-5-3-2-4-6-25/h2-10,15-16,20,22H,11-14,17-19H2,1H3,(H,31,32). The van der Waals surface area contributed by atoms with Crippen LogP contribution in [0.25, 0.3) is 0 Å². The lowest BCUT2D eigenvalue weighted by Gasteiger charge is -2.34. The topological polar surface area (TPSA) is 87.2 Å². The zero-order valence-electron chi connectivity index (χ0n) is 20.2. The van der Waals surface area contributed by atoms with Crippen LogP contribution in [0.3, 0.4) is 0 Å². The molecule has 1 aliphatic carbocycles. The highest BCUT2D eigenvalue weighted by Gasteiger charge is 2.29. The molecule has 7 nitrogen and oxygen atoms in total. The summed E-state index contributed by atoms with van der Waals surface area (Å²) < 4.78 is 33.6. The fourth-order valence-corrected chi connectivity index (χ4v) is 6.22. The molecule has 1 fully saturated rings. The predicted octanol–water partition coefficient (Wildman–Crippen LogP) is 4.14. The average molecular weight is 531 g/mol.